The lowest BCUT2D eigenvalue weighted by molar-refractivity contribution is -0.142. The van der Waals surface area contributed by atoms with Crippen molar-refractivity contribution in [3.05, 3.63) is 35.2 Å². The molecule has 4 rings (SSSR count). The molecule has 1 amide bonds. The number of aromatic nitrogens is 2. The second-order valence-corrected chi connectivity index (χ2v) is 6.90. The van der Waals surface area contributed by atoms with Crippen molar-refractivity contribution in [1.82, 2.24) is 9.78 Å². The van der Waals surface area contributed by atoms with Crippen molar-refractivity contribution in [3.63, 3.8) is 0 Å². The van der Waals surface area contributed by atoms with E-state index in [4.69, 9.17) is 9.47 Å². The predicted molar refractivity (Wildman–Crippen MR) is 94.5 cm³/mol. The fourth-order valence-corrected chi connectivity index (χ4v) is 3.66. The van der Waals surface area contributed by atoms with Gasteiger partial charge in [-0.25, -0.2) is 0 Å². The van der Waals surface area contributed by atoms with Crippen molar-refractivity contribution in [2.24, 2.45) is 0 Å². The summed E-state index contributed by atoms with van der Waals surface area (Å²) in [4.78, 5) is 12.5. The zero-order valence-electron chi connectivity index (χ0n) is 15.1. The number of alkyl halides is 3. The van der Waals surface area contributed by atoms with Gasteiger partial charge in [0.25, 0.3) is 0 Å². The summed E-state index contributed by atoms with van der Waals surface area (Å²) in [5.74, 6) is 0.674. The molecule has 0 fully saturated rings. The number of carbonyl (C=O) groups is 1. The minimum atomic E-state index is -4.52. The van der Waals surface area contributed by atoms with Gasteiger partial charge in [0.15, 0.2) is 17.2 Å². The van der Waals surface area contributed by atoms with Gasteiger partial charge in [-0.2, -0.15) is 18.3 Å². The third-order valence-electron chi connectivity index (χ3n) is 4.89. The first-order valence-corrected chi connectivity index (χ1v) is 9.27. The first-order valence-electron chi connectivity index (χ1n) is 9.27. The summed E-state index contributed by atoms with van der Waals surface area (Å²) < 4.78 is 52.2. The number of nitrogens with one attached hydrogen (secondary N) is 1. The van der Waals surface area contributed by atoms with E-state index in [9.17, 15) is 18.0 Å². The Morgan fingerprint density at radius 3 is 2.64 bits per heavy atom. The van der Waals surface area contributed by atoms with Gasteiger partial charge in [-0.15, -0.1) is 0 Å². The maximum Gasteiger partial charge on any atom is 0.435 e. The van der Waals surface area contributed by atoms with Crippen LogP contribution in [0.5, 0.6) is 11.5 Å². The Hall–Kier alpha value is -2.71. The van der Waals surface area contributed by atoms with Gasteiger partial charge < -0.3 is 14.8 Å². The van der Waals surface area contributed by atoms with Crippen LogP contribution in [0.4, 0.5) is 18.9 Å². The van der Waals surface area contributed by atoms with E-state index in [1.165, 1.54) is 4.68 Å². The summed E-state index contributed by atoms with van der Waals surface area (Å²) >= 11 is 0. The maximum atomic E-state index is 13.4. The molecule has 2 aliphatic rings. The fraction of sp³-hybridized carbons (Fsp3) is 0.474. The first-order chi connectivity index (χ1) is 13.4. The Morgan fingerprint density at radius 2 is 1.86 bits per heavy atom. The largest absolute Gasteiger partial charge is 0.486 e. The van der Waals surface area contributed by atoms with Crippen molar-refractivity contribution in [1.29, 1.82) is 0 Å². The molecule has 0 saturated carbocycles. The molecule has 0 bridgehead atoms. The van der Waals surface area contributed by atoms with E-state index in [-0.39, 0.29) is 12.1 Å². The van der Waals surface area contributed by atoms with Crippen LogP contribution in [0.15, 0.2) is 18.2 Å². The van der Waals surface area contributed by atoms with Crippen LogP contribution in [0.2, 0.25) is 0 Å². The average Bonchev–Trinajstić information content (AvgIpc) is 2.84. The van der Waals surface area contributed by atoms with E-state index < -0.39 is 17.8 Å². The molecule has 2 aromatic rings. The minimum Gasteiger partial charge on any atom is -0.486 e. The van der Waals surface area contributed by atoms with Crippen LogP contribution in [-0.4, -0.2) is 28.9 Å². The number of amides is 1. The molecule has 28 heavy (non-hydrogen) atoms. The Bertz CT molecular complexity index is 893. The third-order valence-corrected chi connectivity index (χ3v) is 4.89. The molecular formula is C19H20F3N3O3. The van der Waals surface area contributed by atoms with Gasteiger partial charge in [0.2, 0.25) is 5.91 Å². The molecule has 0 unspecified atom stereocenters. The van der Waals surface area contributed by atoms with Gasteiger partial charge >= 0.3 is 6.18 Å². The lowest BCUT2D eigenvalue weighted by Crippen LogP contribution is -2.22. The SMILES string of the molecule is O=C(Cn1nc(C(F)(F)F)c2c1CCCCC2)Nc1ccc2c(c1)OCCO2. The molecule has 0 spiro atoms. The Kier molecular flexibility index (Phi) is 4.91. The number of benzene rings is 1. The molecular weight excluding hydrogens is 375 g/mol. The van der Waals surface area contributed by atoms with Crippen LogP contribution in [0, 0.1) is 0 Å². The van der Waals surface area contributed by atoms with Crippen molar-refractivity contribution in [2.45, 2.75) is 44.8 Å². The number of nitrogens with zero attached hydrogens (tertiary/aromatic N) is 2. The van der Waals surface area contributed by atoms with Gasteiger partial charge in [0, 0.05) is 23.0 Å². The van der Waals surface area contributed by atoms with Crippen LogP contribution in [0.25, 0.3) is 0 Å². The molecule has 9 heteroatoms. The Morgan fingerprint density at radius 1 is 1.11 bits per heavy atom. The van der Waals surface area contributed by atoms with Crippen molar-refractivity contribution in [3.8, 4) is 11.5 Å². The summed E-state index contributed by atoms with van der Waals surface area (Å²) in [7, 11) is 0. The third kappa shape index (κ3) is 3.79. The van der Waals surface area contributed by atoms with E-state index in [1.807, 2.05) is 0 Å². The molecule has 6 nitrogen and oxygen atoms in total. The standard InChI is InChI=1S/C19H20F3N3O3/c20-19(21,22)18-13-4-2-1-3-5-14(13)25(24-18)11-17(26)23-12-6-7-15-16(10-12)28-9-8-27-15/h6-7,10H,1-5,8-9,11H2,(H,23,26). The number of carbonyl (C=O) groups excluding carboxylic acids is 1. The van der Waals surface area contributed by atoms with E-state index in [0.29, 0.717) is 55.4 Å². The molecule has 2 heterocycles. The highest BCUT2D eigenvalue weighted by Gasteiger charge is 2.39. The monoisotopic (exact) mass is 395 g/mol. The lowest BCUT2D eigenvalue weighted by atomic mass is 10.1. The molecule has 1 aromatic carbocycles. The maximum absolute atomic E-state index is 13.4. The van der Waals surface area contributed by atoms with Gasteiger partial charge in [-0.3, -0.25) is 9.48 Å². The molecule has 1 aliphatic heterocycles. The first kappa shape index (κ1) is 18.6. The second kappa shape index (κ2) is 7.37. The smallest absolute Gasteiger partial charge is 0.435 e. The number of fused-ring (bicyclic) bond motifs is 2. The van der Waals surface area contributed by atoms with E-state index in [0.717, 1.165) is 12.8 Å². The number of ether oxygens (including phenoxy) is 2. The summed E-state index contributed by atoms with van der Waals surface area (Å²) in [5.41, 5.74) is 0.374. The predicted octanol–water partition coefficient (Wildman–Crippen LogP) is 3.58. The summed E-state index contributed by atoms with van der Waals surface area (Å²) in [6, 6.07) is 4.99. The highest BCUT2D eigenvalue weighted by atomic mass is 19.4. The van der Waals surface area contributed by atoms with Crippen molar-refractivity contribution < 1.29 is 27.4 Å². The zero-order valence-corrected chi connectivity index (χ0v) is 15.1. The van der Waals surface area contributed by atoms with E-state index in [2.05, 4.69) is 10.4 Å². The Balaban J connectivity index is 1.54. The van der Waals surface area contributed by atoms with Crippen LogP contribution in [-0.2, 0) is 30.4 Å². The van der Waals surface area contributed by atoms with Gasteiger partial charge in [-0.05, 0) is 37.8 Å². The van der Waals surface area contributed by atoms with Crippen LogP contribution in [0.3, 0.4) is 0 Å². The molecule has 1 aromatic heterocycles. The van der Waals surface area contributed by atoms with Crippen molar-refractivity contribution in [2.75, 3.05) is 18.5 Å². The zero-order chi connectivity index (χ0) is 19.7. The van der Waals surface area contributed by atoms with Crippen LogP contribution < -0.4 is 14.8 Å². The molecule has 1 aliphatic carbocycles. The fourth-order valence-electron chi connectivity index (χ4n) is 3.66. The molecule has 1 N–H and O–H groups in total. The minimum absolute atomic E-state index is 0.233. The summed E-state index contributed by atoms with van der Waals surface area (Å²) in [6.07, 6.45) is -1.32. The van der Waals surface area contributed by atoms with Gasteiger partial charge in [0.05, 0.1) is 0 Å². The highest BCUT2D eigenvalue weighted by Crippen LogP contribution is 2.36. The quantitative estimate of drug-likeness (QED) is 0.807. The number of halogens is 3. The van der Waals surface area contributed by atoms with Crippen molar-refractivity contribution >= 4 is 11.6 Å². The van der Waals surface area contributed by atoms with Gasteiger partial charge in [0.1, 0.15) is 19.8 Å². The van der Waals surface area contributed by atoms with Gasteiger partial charge in [-0.1, -0.05) is 6.42 Å². The molecule has 150 valence electrons. The molecule has 0 radical (unpaired) electrons. The summed E-state index contributed by atoms with van der Waals surface area (Å²) in [6.45, 7) is 0.613. The number of hydrogen-bond donors (Lipinski definition) is 1. The Labute approximate surface area is 159 Å². The lowest BCUT2D eigenvalue weighted by Gasteiger charge is -2.19. The second-order valence-electron chi connectivity index (χ2n) is 6.90. The highest BCUT2D eigenvalue weighted by molar-refractivity contribution is 5.91. The molecule has 0 saturated heterocycles. The molecule has 0 atom stereocenters. The van der Waals surface area contributed by atoms with E-state index >= 15 is 0 Å². The topological polar surface area (TPSA) is 65.4 Å². The summed E-state index contributed by atoms with van der Waals surface area (Å²) in [5, 5.41) is 6.44. The number of rotatable bonds is 3. The number of hydrogen-bond acceptors (Lipinski definition) is 4. The van der Waals surface area contributed by atoms with Crippen LogP contribution >= 0.6 is 0 Å². The number of anilines is 1. The van der Waals surface area contributed by atoms with Crippen LogP contribution in [0.1, 0.15) is 36.2 Å². The van der Waals surface area contributed by atoms with E-state index in [1.54, 1.807) is 18.2 Å². The average molecular weight is 395 g/mol. The normalized spacial score (nSPS) is 16.2.